The minimum atomic E-state index is -0.257. The molecule has 0 heterocycles. The van der Waals surface area contributed by atoms with Crippen LogP contribution >= 0.6 is 24.0 Å². The summed E-state index contributed by atoms with van der Waals surface area (Å²) in [5.74, 6) is 1.02. The number of halogens is 2. The highest BCUT2D eigenvalue weighted by molar-refractivity contribution is 14.0. The number of hydrogen-bond acceptors (Lipinski definition) is 2. The van der Waals surface area contributed by atoms with E-state index in [1.54, 1.807) is 12.1 Å². The van der Waals surface area contributed by atoms with Crippen LogP contribution in [-0.2, 0) is 0 Å². The van der Waals surface area contributed by atoms with Gasteiger partial charge in [-0.25, -0.2) is 4.39 Å². The molecule has 1 aromatic carbocycles. The third kappa shape index (κ3) is 5.52. The molecule has 0 spiro atoms. The third-order valence-electron chi connectivity index (χ3n) is 3.11. The first kappa shape index (κ1) is 17.0. The van der Waals surface area contributed by atoms with Gasteiger partial charge in [-0.2, -0.15) is 0 Å². The summed E-state index contributed by atoms with van der Waals surface area (Å²) >= 11 is 0. The lowest BCUT2D eigenvalue weighted by atomic mass is 10.3. The van der Waals surface area contributed by atoms with Crippen molar-refractivity contribution in [3.63, 3.8) is 0 Å². The van der Waals surface area contributed by atoms with Crippen LogP contribution in [0.4, 0.5) is 4.39 Å². The first-order chi connectivity index (χ1) is 9.16. The maximum atomic E-state index is 12.7. The zero-order valence-electron chi connectivity index (χ0n) is 11.6. The summed E-state index contributed by atoms with van der Waals surface area (Å²) in [6.07, 6.45) is 3.21. The molecule has 0 amide bonds. The monoisotopic (exact) mass is 393 g/mol. The second-order valence-corrected chi connectivity index (χ2v) is 4.74. The van der Waals surface area contributed by atoms with Crippen LogP contribution < -0.4 is 10.5 Å². The molecule has 6 heteroatoms. The molecule has 0 atom stereocenters. The molecule has 4 nitrogen and oxygen atoms in total. The van der Waals surface area contributed by atoms with Gasteiger partial charge in [-0.05, 0) is 37.1 Å². The van der Waals surface area contributed by atoms with Gasteiger partial charge in [-0.3, -0.25) is 4.99 Å². The Kier molecular flexibility index (Phi) is 7.04. The lowest BCUT2D eigenvalue weighted by molar-refractivity contribution is 0.313. The average molecular weight is 393 g/mol. The van der Waals surface area contributed by atoms with Crippen molar-refractivity contribution in [2.75, 3.05) is 20.2 Å². The Morgan fingerprint density at radius 1 is 1.40 bits per heavy atom. The summed E-state index contributed by atoms with van der Waals surface area (Å²) in [4.78, 5) is 6.34. The van der Waals surface area contributed by atoms with E-state index in [2.05, 4.69) is 4.99 Å². The van der Waals surface area contributed by atoms with E-state index in [1.807, 2.05) is 11.9 Å². The summed E-state index contributed by atoms with van der Waals surface area (Å²) in [5, 5.41) is 0. The SMILES string of the molecule is CN(C(N)=NCCCOc1ccc(F)cc1)C1CC1.I. The maximum Gasteiger partial charge on any atom is 0.191 e. The van der Waals surface area contributed by atoms with Crippen molar-refractivity contribution in [2.45, 2.75) is 25.3 Å². The van der Waals surface area contributed by atoms with Crippen LogP contribution in [0.15, 0.2) is 29.3 Å². The molecule has 1 aromatic rings. The van der Waals surface area contributed by atoms with Crippen molar-refractivity contribution in [2.24, 2.45) is 10.7 Å². The molecule has 112 valence electrons. The molecule has 0 saturated heterocycles. The topological polar surface area (TPSA) is 50.8 Å². The third-order valence-corrected chi connectivity index (χ3v) is 3.11. The Bertz CT molecular complexity index is 435. The van der Waals surface area contributed by atoms with E-state index in [4.69, 9.17) is 10.5 Å². The van der Waals surface area contributed by atoms with Crippen LogP contribution in [0, 0.1) is 5.82 Å². The molecule has 0 radical (unpaired) electrons. The molecular formula is C14H21FIN3O. The van der Waals surface area contributed by atoms with E-state index in [9.17, 15) is 4.39 Å². The van der Waals surface area contributed by atoms with Crippen LogP contribution in [0.5, 0.6) is 5.75 Å². The Balaban J connectivity index is 0.00000200. The summed E-state index contributed by atoms with van der Waals surface area (Å²) < 4.78 is 18.1. The van der Waals surface area contributed by atoms with Gasteiger partial charge < -0.3 is 15.4 Å². The van der Waals surface area contributed by atoms with Crippen LogP contribution in [0.3, 0.4) is 0 Å². The van der Waals surface area contributed by atoms with Crippen molar-refractivity contribution in [3.05, 3.63) is 30.1 Å². The number of rotatable bonds is 6. The second kappa shape index (κ2) is 8.28. The number of nitrogens with zero attached hydrogens (tertiary/aromatic N) is 2. The molecule has 1 aliphatic carbocycles. The Morgan fingerprint density at radius 2 is 2.05 bits per heavy atom. The molecule has 20 heavy (non-hydrogen) atoms. The smallest absolute Gasteiger partial charge is 0.191 e. The number of hydrogen-bond donors (Lipinski definition) is 1. The first-order valence-electron chi connectivity index (χ1n) is 6.58. The van der Waals surface area contributed by atoms with Gasteiger partial charge in [-0.1, -0.05) is 0 Å². The summed E-state index contributed by atoms with van der Waals surface area (Å²) in [7, 11) is 1.98. The molecule has 0 bridgehead atoms. The summed E-state index contributed by atoms with van der Waals surface area (Å²) in [6, 6.07) is 6.59. The van der Waals surface area contributed by atoms with E-state index in [0.717, 1.165) is 6.42 Å². The van der Waals surface area contributed by atoms with E-state index < -0.39 is 0 Å². The van der Waals surface area contributed by atoms with Gasteiger partial charge in [0.25, 0.3) is 0 Å². The maximum absolute atomic E-state index is 12.7. The van der Waals surface area contributed by atoms with Gasteiger partial charge in [0.15, 0.2) is 5.96 Å². The normalized spacial score (nSPS) is 14.6. The fraction of sp³-hybridized carbons (Fsp3) is 0.500. The van der Waals surface area contributed by atoms with Crippen LogP contribution in [0.25, 0.3) is 0 Å². The zero-order chi connectivity index (χ0) is 13.7. The first-order valence-corrected chi connectivity index (χ1v) is 6.58. The van der Waals surface area contributed by atoms with Gasteiger partial charge in [-0.15, -0.1) is 24.0 Å². The predicted molar refractivity (Wildman–Crippen MR) is 89.2 cm³/mol. The minimum Gasteiger partial charge on any atom is -0.494 e. The zero-order valence-corrected chi connectivity index (χ0v) is 13.9. The van der Waals surface area contributed by atoms with Gasteiger partial charge in [0, 0.05) is 26.1 Å². The van der Waals surface area contributed by atoms with Crippen LogP contribution in [-0.4, -0.2) is 37.1 Å². The fourth-order valence-electron chi connectivity index (χ4n) is 1.74. The highest BCUT2D eigenvalue weighted by atomic mass is 127. The highest BCUT2D eigenvalue weighted by Gasteiger charge is 2.27. The summed E-state index contributed by atoms with van der Waals surface area (Å²) in [6.45, 7) is 1.19. The number of guanidine groups is 1. The largest absolute Gasteiger partial charge is 0.494 e. The van der Waals surface area contributed by atoms with Gasteiger partial charge in [0.1, 0.15) is 11.6 Å². The molecule has 2 rings (SSSR count). The summed E-state index contributed by atoms with van der Waals surface area (Å²) in [5.41, 5.74) is 5.86. The molecular weight excluding hydrogens is 372 g/mol. The average Bonchev–Trinajstić information content (AvgIpc) is 3.24. The van der Waals surface area contributed by atoms with E-state index >= 15 is 0 Å². The fourth-order valence-corrected chi connectivity index (χ4v) is 1.74. The van der Waals surface area contributed by atoms with E-state index in [1.165, 1.54) is 25.0 Å². The van der Waals surface area contributed by atoms with Gasteiger partial charge >= 0.3 is 0 Å². The van der Waals surface area contributed by atoms with Gasteiger partial charge in [0.05, 0.1) is 6.61 Å². The quantitative estimate of drug-likeness (QED) is 0.350. The standard InChI is InChI=1S/C14H20FN3O.HI/c1-18(12-5-6-12)14(16)17-9-2-10-19-13-7-3-11(15)4-8-13;/h3-4,7-8,12H,2,5-6,9-10H2,1H3,(H2,16,17);1H. The van der Waals surface area contributed by atoms with E-state index in [0.29, 0.717) is 30.9 Å². The number of ether oxygens (including phenoxy) is 1. The van der Waals surface area contributed by atoms with Crippen molar-refractivity contribution >= 4 is 29.9 Å². The van der Waals surface area contributed by atoms with Crippen molar-refractivity contribution in [3.8, 4) is 5.75 Å². The van der Waals surface area contributed by atoms with Crippen LogP contribution in [0.2, 0.25) is 0 Å². The van der Waals surface area contributed by atoms with Crippen molar-refractivity contribution in [1.82, 2.24) is 4.90 Å². The Hall–Kier alpha value is -1.05. The van der Waals surface area contributed by atoms with Crippen molar-refractivity contribution in [1.29, 1.82) is 0 Å². The molecule has 0 unspecified atom stereocenters. The van der Waals surface area contributed by atoms with Gasteiger partial charge in [0.2, 0.25) is 0 Å². The number of nitrogens with two attached hydrogens (primary N) is 1. The second-order valence-electron chi connectivity index (χ2n) is 4.74. The molecule has 0 aliphatic heterocycles. The van der Waals surface area contributed by atoms with Crippen molar-refractivity contribution < 1.29 is 9.13 Å². The van der Waals surface area contributed by atoms with E-state index in [-0.39, 0.29) is 29.8 Å². The Morgan fingerprint density at radius 3 is 2.65 bits per heavy atom. The van der Waals surface area contributed by atoms with Crippen LogP contribution in [0.1, 0.15) is 19.3 Å². The number of benzene rings is 1. The lowest BCUT2D eigenvalue weighted by Crippen LogP contribution is -2.35. The molecule has 1 saturated carbocycles. The molecule has 2 N–H and O–H groups in total. The minimum absolute atomic E-state index is 0. The molecule has 1 fully saturated rings. The Labute approximate surface area is 136 Å². The predicted octanol–water partition coefficient (Wildman–Crippen LogP) is 2.62. The highest BCUT2D eigenvalue weighted by Crippen LogP contribution is 2.24. The molecule has 1 aliphatic rings. The lowest BCUT2D eigenvalue weighted by Gasteiger charge is -2.16. The molecule has 0 aromatic heterocycles. The number of aliphatic imine (C=N–C) groups is 1.